The van der Waals surface area contributed by atoms with Gasteiger partial charge in [0, 0.05) is 16.8 Å². The van der Waals surface area contributed by atoms with Gasteiger partial charge in [0.15, 0.2) is 0 Å². The molecule has 0 saturated carbocycles. The minimum atomic E-state index is -4.64. The van der Waals surface area contributed by atoms with Crippen LogP contribution in [-0.4, -0.2) is 20.5 Å². The number of carbonyl (C=O) groups is 1. The molecule has 1 atom stereocenters. The number of benzene rings is 2. The van der Waals surface area contributed by atoms with Gasteiger partial charge in [0.25, 0.3) is 0 Å². The topological polar surface area (TPSA) is 63.2 Å². The third-order valence-corrected chi connectivity index (χ3v) is 5.76. The summed E-state index contributed by atoms with van der Waals surface area (Å²) < 4.78 is 62.6. The lowest BCUT2D eigenvalue weighted by Gasteiger charge is -2.15. The molecule has 0 radical (unpaired) electrons. The van der Waals surface area contributed by atoms with E-state index in [1.807, 2.05) is 0 Å². The first kappa shape index (κ1) is 16.5. The van der Waals surface area contributed by atoms with Crippen LogP contribution in [0.25, 0.3) is 11.1 Å². The Labute approximate surface area is 136 Å². The Morgan fingerprint density at radius 3 is 2.33 bits per heavy atom. The molecule has 2 aromatic carbocycles. The van der Waals surface area contributed by atoms with E-state index < -0.39 is 27.8 Å². The van der Waals surface area contributed by atoms with E-state index in [4.69, 9.17) is 0 Å². The van der Waals surface area contributed by atoms with Crippen molar-refractivity contribution in [2.24, 2.45) is 5.92 Å². The molecule has 24 heavy (non-hydrogen) atoms. The summed E-state index contributed by atoms with van der Waals surface area (Å²) in [4.78, 5) is 11.9. The van der Waals surface area contributed by atoms with E-state index in [1.54, 1.807) is 18.2 Å². The molecule has 0 bridgehead atoms. The Bertz CT molecular complexity index is 936. The molecule has 3 rings (SSSR count). The summed E-state index contributed by atoms with van der Waals surface area (Å²) in [5.74, 6) is -3.36. The van der Waals surface area contributed by atoms with Crippen molar-refractivity contribution in [2.45, 2.75) is 22.9 Å². The number of rotatable bonds is 2. The number of anilines is 1. The number of alkyl halides is 3. The van der Waals surface area contributed by atoms with E-state index in [2.05, 4.69) is 5.32 Å². The Balaban J connectivity index is 1.99. The molecular formula is C16H12F3NO3S. The van der Waals surface area contributed by atoms with E-state index in [0.29, 0.717) is 11.1 Å². The maximum absolute atomic E-state index is 12.6. The van der Waals surface area contributed by atoms with E-state index >= 15 is 0 Å². The van der Waals surface area contributed by atoms with E-state index in [0.717, 1.165) is 6.92 Å². The van der Waals surface area contributed by atoms with Crippen LogP contribution in [0.15, 0.2) is 52.3 Å². The zero-order valence-corrected chi connectivity index (χ0v) is 13.2. The molecular weight excluding hydrogens is 343 g/mol. The predicted octanol–water partition coefficient (Wildman–Crippen LogP) is 3.64. The highest BCUT2D eigenvalue weighted by Gasteiger charge is 2.41. The number of halogens is 3. The fraction of sp³-hybridized carbons (Fsp3) is 0.188. The maximum Gasteiger partial charge on any atom is 0.400 e. The zero-order valence-electron chi connectivity index (χ0n) is 12.4. The second-order valence-corrected chi connectivity index (χ2v) is 7.35. The SMILES string of the molecule is CC(C(=O)Nc1ccc2c(c1)-c1ccccc1S2(=O)=O)C(F)(F)F. The molecule has 1 heterocycles. The van der Waals surface area contributed by atoms with Crippen molar-refractivity contribution in [1.82, 2.24) is 0 Å². The highest BCUT2D eigenvalue weighted by molar-refractivity contribution is 7.92. The number of hydrogen-bond acceptors (Lipinski definition) is 3. The molecule has 0 fully saturated rings. The molecule has 1 unspecified atom stereocenters. The first-order valence-corrected chi connectivity index (χ1v) is 8.47. The van der Waals surface area contributed by atoms with E-state index in [-0.39, 0.29) is 15.5 Å². The van der Waals surface area contributed by atoms with Gasteiger partial charge in [-0.25, -0.2) is 8.42 Å². The summed E-state index contributed by atoms with van der Waals surface area (Å²) in [5, 5.41) is 2.18. The summed E-state index contributed by atoms with van der Waals surface area (Å²) >= 11 is 0. The minimum Gasteiger partial charge on any atom is -0.326 e. The van der Waals surface area contributed by atoms with Crippen molar-refractivity contribution in [2.75, 3.05) is 5.32 Å². The standard InChI is InChI=1S/C16H12F3NO3S/c1-9(16(17,18)19)15(21)20-10-6-7-14-12(8-10)11-4-2-3-5-13(11)24(14,22)23/h2-9H,1H3,(H,20,21). The Hall–Kier alpha value is -2.35. The van der Waals surface area contributed by atoms with Crippen LogP contribution >= 0.6 is 0 Å². The molecule has 0 aromatic heterocycles. The van der Waals surface area contributed by atoms with Gasteiger partial charge >= 0.3 is 6.18 Å². The summed E-state index contributed by atoms with van der Waals surface area (Å²) in [7, 11) is -3.64. The third kappa shape index (κ3) is 2.56. The lowest BCUT2D eigenvalue weighted by molar-refractivity contribution is -0.175. The van der Waals surface area contributed by atoms with Crippen LogP contribution in [0.1, 0.15) is 6.92 Å². The molecule has 126 valence electrons. The van der Waals surface area contributed by atoms with Crippen LogP contribution < -0.4 is 5.32 Å². The minimum absolute atomic E-state index is 0.0746. The average molecular weight is 355 g/mol. The van der Waals surface area contributed by atoms with Crippen molar-refractivity contribution in [3.05, 3.63) is 42.5 Å². The molecule has 0 saturated heterocycles. The molecule has 1 aliphatic rings. The Kier molecular flexibility index (Phi) is 3.67. The van der Waals surface area contributed by atoms with Crippen molar-refractivity contribution in [1.29, 1.82) is 0 Å². The molecule has 2 aromatic rings. The highest BCUT2D eigenvalue weighted by Crippen LogP contribution is 2.44. The van der Waals surface area contributed by atoms with E-state index in [9.17, 15) is 26.4 Å². The number of sulfone groups is 1. The number of hydrogen-bond donors (Lipinski definition) is 1. The second kappa shape index (κ2) is 5.34. The quantitative estimate of drug-likeness (QED) is 0.763. The summed E-state index contributed by atoms with van der Waals surface area (Å²) in [6.07, 6.45) is -4.64. The fourth-order valence-corrected chi connectivity index (χ4v) is 4.16. The van der Waals surface area contributed by atoms with Gasteiger partial charge in [-0.1, -0.05) is 18.2 Å². The Morgan fingerprint density at radius 1 is 1.04 bits per heavy atom. The molecule has 1 N–H and O–H groups in total. The van der Waals surface area contributed by atoms with Crippen molar-refractivity contribution >= 4 is 21.4 Å². The summed E-state index contributed by atoms with van der Waals surface area (Å²) in [5.41, 5.74) is 0.942. The van der Waals surface area contributed by atoms with Crippen molar-refractivity contribution in [3.63, 3.8) is 0 Å². The lowest BCUT2D eigenvalue weighted by atomic mass is 10.0. The summed E-state index contributed by atoms with van der Waals surface area (Å²) in [6, 6.07) is 10.3. The van der Waals surface area contributed by atoms with E-state index in [1.165, 1.54) is 24.3 Å². The van der Waals surface area contributed by atoms with Gasteiger partial charge < -0.3 is 5.32 Å². The van der Waals surface area contributed by atoms with Gasteiger partial charge in [-0.05, 0) is 31.2 Å². The number of amides is 1. The van der Waals surface area contributed by atoms with Crippen LogP contribution in [0, 0.1) is 5.92 Å². The average Bonchev–Trinajstić information content (AvgIpc) is 2.74. The number of carbonyl (C=O) groups excluding carboxylic acids is 1. The smallest absolute Gasteiger partial charge is 0.326 e. The maximum atomic E-state index is 12.6. The molecule has 0 spiro atoms. The summed E-state index contributed by atoms with van der Waals surface area (Å²) in [6.45, 7) is 0.766. The monoisotopic (exact) mass is 355 g/mol. The molecule has 1 amide bonds. The van der Waals surface area contributed by atoms with Gasteiger partial charge in [-0.2, -0.15) is 13.2 Å². The van der Waals surface area contributed by atoms with Gasteiger partial charge in [0.1, 0.15) is 5.92 Å². The van der Waals surface area contributed by atoms with Gasteiger partial charge in [-0.15, -0.1) is 0 Å². The van der Waals surface area contributed by atoms with Gasteiger partial charge in [-0.3, -0.25) is 4.79 Å². The predicted molar refractivity (Wildman–Crippen MR) is 81.2 cm³/mol. The van der Waals surface area contributed by atoms with Crippen LogP contribution in [0.2, 0.25) is 0 Å². The van der Waals surface area contributed by atoms with Gasteiger partial charge in [0.2, 0.25) is 15.7 Å². The second-order valence-electron chi connectivity index (χ2n) is 5.46. The highest BCUT2D eigenvalue weighted by atomic mass is 32.2. The zero-order chi connectivity index (χ0) is 17.7. The fourth-order valence-electron chi connectivity index (χ4n) is 2.49. The number of nitrogens with one attached hydrogen (secondary N) is 1. The van der Waals surface area contributed by atoms with Crippen LogP contribution in [0.4, 0.5) is 18.9 Å². The Morgan fingerprint density at radius 2 is 1.67 bits per heavy atom. The molecule has 4 nitrogen and oxygen atoms in total. The molecule has 8 heteroatoms. The normalized spacial score (nSPS) is 16.2. The van der Waals surface area contributed by atoms with Crippen molar-refractivity contribution < 1.29 is 26.4 Å². The van der Waals surface area contributed by atoms with Crippen LogP contribution in [0.3, 0.4) is 0 Å². The number of fused-ring (bicyclic) bond motifs is 3. The lowest BCUT2D eigenvalue weighted by Crippen LogP contribution is -2.32. The largest absolute Gasteiger partial charge is 0.400 e. The van der Waals surface area contributed by atoms with Crippen molar-refractivity contribution in [3.8, 4) is 11.1 Å². The molecule has 1 aliphatic heterocycles. The third-order valence-electron chi connectivity index (χ3n) is 3.89. The van der Waals surface area contributed by atoms with Crippen LogP contribution in [0.5, 0.6) is 0 Å². The van der Waals surface area contributed by atoms with Gasteiger partial charge in [0.05, 0.1) is 9.79 Å². The first-order chi connectivity index (χ1) is 11.1. The first-order valence-electron chi connectivity index (χ1n) is 6.98. The van der Waals surface area contributed by atoms with Crippen LogP contribution in [-0.2, 0) is 14.6 Å². The molecule has 0 aliphatic carbocycles.